The Morgan fingerprint density at radius 1 is 1.38 bits per heavy atom. The monoisotopic (exact) mass is 228 g/mol. The molecule has 2 atom stereocenters. The van der Waals surface area contributed by atoms with E-state index in [9.17, 15) is 5.11 Å². The predicted molar refractivity (Wildman–Crippen MR) is 68.7 cm³/mol. The van der Waals surface area contributed by atoms with Gasteiger partial charge in [-0.1, -0.05) is 33.1 Å². The number of hydrogen-bond donors (Lipinski definition) is 2. The number of piperazine rings is 1. The lowest BCUT2D eigenvalue weighted by Crippen LogP contribution is -2.65. The fourth-order valence-corrected chi connectivity index (χ4v) is 2.79. The fourth-order valence-electron chi connectivity index (χ4n) is 2.79. The van der Waals surface area contributed by atoms with Gasteiger partial charge in [0.1, 0.15) is 0 Å². The van der Waals surface area contributed by atoms with E-state index >= 15 is 0 Å². The van der Waals surface area contributed by atoms with Gasteiger partial charge in [0, 0.05) is 19.6 Å². The molecule has 0 bridgehead atoms. The van der Waals surface area contributed by atoms with Crippen LogP contribution in [0.15, 0.2) is 0 Å². The van der Waals surface area contributed by atoms with Crippen molar-refractivity contribution in [1.29, 1.82) is 0 Å². The summed E-state index contributed by atoms with van der Waals surface area (Å²) in [5.74, 6) is 0. The van der Waals surface area contributed by atoms with E-state index in [0.29, 0.717) is 0 Å². The molecule has 3 nitrogen and oxygen atoms in total. The average molecular weight is 228 g/mol. The zero-order valence-electron chi connectivity index (χ0n) is 11.1. The topological polar surface area (TPSA) is 35.5 Å². The Kier molecular flexibility index (Phi) is 5.73. The van der Waals surface area contributed by atoms with E-state index in [4.69, 9.17) is 0 Å². The lowest BCUT2D eigenvalue weighted by molar-refractivity contribution is -0.0415. The van der Waals surface area contributed by atoms with Crippen molar-refractivity contribution < 1.29 is 5.11 Å². The first kappa shape index (κ1) is 13.9. The van der Waals surface area contributed by atoms with E-state index in [-0.39, 0.29) is 11.6 Å². The van der Waals surface area contributed by atoms with Gasteiger partial charge in [0.05, 0.1) is 11.6 Å². The summed E-state index contributed by atoms with van der Waals surface area (Å²) in [4.78, 5) is 2.37. The van der Waals surface area contributed by atoms with Gasteiger partial charge in [-0.05, 0) is 19.9 Å². The molecule has 1 rings (SSSR count). The second-order valence-electron chi connectivity index (χ2n) is 5.08. The molecular formula is C13H28N2O. The Labute approximate surface area is 100 Å². The molecule has 1 heterocycles. The lowest BCUT2D eigenvalue weighted by Gasteiger charge is -2.48. The van der Waals surface area contributed by atoms with E-state index in [1.54, 1.807) is 0 Å². The summed E-state index contributed by atoms with van der Waals surface area (Å²) in [6, 6.07) is 0. The number of nitrogens with one attached hydrogen (secondary N) is 1. The second-order valence-corrected chi connectivity index (χ2v) is 5.08. The van der Waals surface area contributed by atoms with Crippen LogP contribution in [0.2, 0.25) is 0 Å². The van der Waals surface area contributed by atoms with Crippen molar-refractivity contribution in [3.05, 3.63) is 0 Å². The van der Waals surface area contributed by atoms with Crippen molar-refractivity contribution in [3.8, 4) is 0 Å². The van der Waals surface area contributed by atoms with Crippen molar-refractivity contribution in [2.75, 3.05) is 26.7 Å². The minimum Gasteiger partial charge on any atom is -0.391 e. The summed E-state index contributed by atoms with van der Waals surface area (Å²) >= 11 is 0. The number of unbranched alkanes of at least 4 members (excludes halogenated alkanes) is 2. The van der Waals surface area contributed by atoms with Gasteiger partial charge in [-0.2, -0.15) is 0 Å². The minimum atomic E-state index is -0.206. The molecule has 2 unspecified atom stereocenters. The molecule has 96 valence electrons. The molecule has 1 fully saturated rings. The van der Waals surface area contributed by atoms with Crippen LogP contribution in [0.5, 0.6) is 0 Å². The largest absolute Gasteiger partial charge is 0.391 e. The summed E-state index contributed by atoms with van der Waals surface area (Å²) in [5.41, 5.74) is -0.0256. The Morgan fingerprint density at radius 2 is 2.12 bits per heavy atom. The molecule has 0 saturated carbocycles. The third-order valence-corrected chi connectivity index (χ3v) is 4.04. The first-order chi connectivity index (χ1) is 7.67. The normalized spacial score (nSPS) is 29.2. The third kappa shape index (κ3) is 2.96. The van der Waals surface area contributed by atoms with Gasteiger partial charge in [-0.3, -0.25) is 4.90 Å². The molecule has 3 heteroatoms. The first-order valence-electron chi connectivity index (χ1n) is 6.77. The number of nitrogens with zero attached hydrogens (tertiary/aromatic N) is 1. The first-order valence-corrected chi connectivity index (χ1v) is 6.77. The highest BCUT2D eigenvalue weighted by Crippen LogP contribution is 2.28. The lowest BCUT2D eigenvalue weighted by atomic mass is 9.82. The molecule has 1 saturated heterocycles. The highest BCUT2D eigenvalue weighted by molar-refractivity contribution is 4.99. The number of likely N-dealkylation sites (N-methyl/N-ethyl adjacent to an activating group) is 1. The maximum Gasteiger partial charge on any atom is 0.0733 e. The van der Waals surface area contributed by atoms with Gasteiger partial charge >= 0.3 is 0 Å². The van der Waals surface area contributed by atoms with Crippen molar-refractivity contribution >= 4 is 0 Å². The number of aliphatic hydroxyl groups is 1. The SMILES string of the molecule is CCCCCC1(C(O)CC)CNCCN1C. The van der Waals surface area contributed by atoms with E-state index < -0.39 is 0 Å². The number of rotatable bonds is 6. The Hall–Kier alpha value is -0.120. The summed E-state index contributed by atoms with van der Waals surface area (Å²) in [6.45, 7) is 7.33. The second kappa shape index (κ2) is 6.58. The number of aliphatic hydroxyl groups excluding tert-OH is 1. The molecular weight excluding hydrogens is 200 g/mol. The highest BCUT2D eigenvalue weighted by Gasteiger charge is 2.41. The zero-order valence-corrected chi connectivity index (χ0v) is 11.1. The van der Waals surface area contributed by atoms with E-state index in [2.05, 4.69) is 31.1 Å². The van der Waals surface area contributed by atoms with Crippen molar-refractivity contribution in [2.45, 2.75) is 57.6 Å². The van der Waals surface area contributed by atoms with Gasteiger partial charge < -0.3 is 10.4 Å². The van der Waals surface area contributed by atoms with Crippen molar-refractivity contribution in [1.82, 2.24) is 10.2 Å². The van der Waals surface area contributed by atoms with Crippen LogP contribution in [0.3, 0.4) is 0 Å². The molecule has 0 spiro atoms. The van der Waals surface area contributed by atoms with Crippen LogP contribution in [0.25, 0.3) is 0 Å². The molecule has 2 N–H and O–H groups in total. The van der Waals surface area contributed by atoms with Crippen molar-refractivity contribution in [2.24, 2.45) is 0 Å². The van der Waals surface area contributed by atoms with Crippen LogP contribution in [-0.2, 0) is 0 Å². The molecule has 0 amide bonds. The van der Waals surface area contributed by atoms with Crippen LogP contribution in [0, 0.1) is 0 Å². The molecule has 0 aromatic heterocycles. The van der Waals surface area contributed by atoms with Gasteiger partial charge in [-0.25, -0.2) is 0 Å². The Balaban J connectivity index is 2.66. The van der Waals surface area contributed by atoms with E-state index in [1.165, 1.54) is 19.3 Å². The fraction of sp³-hybridized carbons (Fsp3) is 1.00. The van der Waals surface area contributed by atoms with Gasteiger partial charge in [0.25, 0.3) is 0 Å². The van der Waals surface area contributed by atoms with Crippen molar-refractivity contribution in [3.63, 3.8) is 0 Å². The molecule has 0 aliphatic carbocycles. The van der Waals surface area contributed by atoms with Gasteiger partial charge in [0.2, 0.25) is 0 Å². The molecule has 1 aliphatic heterocycles. The minimum absolute atomic E-state index is 0.0256. The molecule has 0 aromatic rings. The van der Waals surface area contributed by atoms with Crippen LogP contribution in [-0.4, -0.2) is 48.3 Å². The standard InChI is InChI=1S/C13H28N2O/c1-4-6-7-8-13(12(16)5-2)11-14-9-10-15(13)3/h12,14,16H,4-11H2,1-3H3. The quantitative estimate of drug-likeness (QED) is 0.678. The van der Waals surface area contributed by atoms with E-state index in [1.807, 2.05) is 0 Å². The van der Waals surface area contributed by atoms with Gasteiger partial charge in [0.15, 0.2) is 0 Å². The summed E-state index contributed by atoms with van der Waals surface area (Å²) < 4.78 is 0. The van der Waals surface area contributed by atoms with Crippen LogP contribution >= 0.6 is 0 Å². The van der Waals surface area contributed by atoms with E-state index in [0.717, 1.165) is 32.5 Å². The Morgan fingerprint density at radius 3 is 2.69 bits per heavy atom. The summed E-state index contributed by atoms with van der Waals surface area (Å²) in [5, 5.41) is 13.8. The average Bonchev–Trinajstić information content (AvgIpc) is 2.31. The predicted octanol–water partition coefficient (Wildman–Crippen LogP) is 1.61. The molecule has 16 heavy (non-hydrogen) atoms. The smallest absolute Gasteiger partial charge is 0.0733 e. The van der Waals surface area contributed by atoms with Gasteiger partial charge in [-0.15, -0.1) is 0 Å². The maximum absolute atomic E-state index is 10.3. The Bertz CT molecular complexity index is 192. The number of hydrogen-bond acceptors (Lipinski definition) is 3. The highest BCUT2D eigenvalue weighted by atomic mass is 16.3. The van der Waals surface area contributed by atoms with Crippen LogP contribution in [0.4, 0.5) is 0 Å². The van der Waals surface area contributed by atoms with Crippen LogP contribution in [0.1, 0.15) is 46.0 Å². The molecule has 1 aliphatic rings. The maximum atomic E-state index is 10.3. The molecule has 0 aromatic carbocycles. The third-order valence-electron chi connectivity index (χ3n) is 4.04. The summed E-state index contributed by atoms with van der Waals surface area (Å²) in [7, 11) is 2.16. The van der Waals surface area contributed by atoms with Crippen LogP contribution < -0.4 is 5.32 Å². The zero-order chi connectivity index (χ0) is 12.0. The molecule has 0 radical (unpaired) electrons. The summed E-state index contributed by atoms with van der Waals surface area (Å²) in [6.07, 6.45) is 5.49.